The van der Waals surface area contributed by atoms with Gasteiger partial charge in [0.15, 0.2) is 0 Å². The molecule has 0 radical (unpaired) electrons. The minimum atomic E-state index is -3.29. The second kappa shape index (κ2) is 5.95. The van der Waals surface area contributed by atoms with E-state index in [1.165, 1.54) is 4.31 Å². The molecule has 16 heavy (non-hydrogen) atoms. The van der Waals surface area contributed by atoms with Crippen molar-refractivity contribution in [3.05, 3.63) is 0 Å². The smallest absolute Gasteiger partial charge is 0.279 e. The summed E-state index contributed by atoms with van der Waals surface area (Å²) in [4.78, 5) is 0. The molecule has 0 aromatic rings. The van der Waals surface area contributed by atoms with E-state index in [0.29, 0.717) is 19.0 Å². The van der Waals surface area contributed by atoms with E-state index in [2.05, 4.69) is 10.0 Å². The second-order valence-corrected chi connectivity index (χ2v) is 6.40. The van der Waals surface area contributed by atoms with E-state index in [-0.39, 0.29) is 6.04 Å². The Morgan fingerprint density at radius 2 is 2.06 bits per heavy atom. The zero-order valence-corrected chi connectivity index (χ0v) is 11.2. The Bertz CT molecular complexity index is 301. The van der Waals surface area contributed by atoms with Crippen LogP contribution in [0.3, 0.4) is 0 Å². The third kappa shape index (κ3) is 4.78. The zero-order chi connectivity index (χ0) is 12.2. The van der Waals surface area contributed by atoms with Crippen LogP contribution in [0.1, 0.15) is 26.7 Å². The molecule has 0 saturated heterocycles. The molecule has 0 aliphatic heterocycles. The van der Waals surface area contributed by atoms with Crippen LogP contribution in [-0.4, -0.2) is 45.4 Å². The van der Waals surface area contributed by atoms with Gasteiger partial charge in [0.05, 0.1) is 0 Å². The number of likely N-dealkylation sites (N-methyl/N-ethyl adjacent to an activating group) is 1. The molecule has 1 fully saturated rings. The number of nitrogens with zero attached hydrogens (tertiary/aromatic N) is 1. The molecule has 1 aliphatic carbocycles. The van der Waals surface area contributed by atoms with E-state index in [1.807, 2.05) is 13.8 Å². The highest BCUT2D eigenvalue weighted by Gasteiger charge is 2.27. The van der Waals surface area contributed by atoms with Gasteiger partial charge in [-0.1, -0.05) is 6.92 Å². The molecule has 0 aromatic carbocycles. The Morgan fingerprint density at radius 1 is 1.44 bits per heavy atom. The van der Waals surface area contributed by atoms with Crippen molar-refractivity contribution in [2.45, 2.75) is 32.7 Å². The van der Waals surface area contributed by atoms with Gasteiger partial charge < -0.3 is 5.32 Å². The van der Waals surface area contributed by atoms with Gasteiger partial charge in [-0.15, -0.1) is 0 Å². The van der Waals surface area contributed by atoms with Crippen LogP contribution in [0, 0.1) is 5.92 Å². The van der Waals surface area contributed by atoms with Crippen molar-refractivity contribution in [2.24, 2.45) is 5.92 Å². The van der Waals surface area contributed by atoms with Gasteiger partial charge in [-0.2, -0.15) is 12.7 Å². The average molecular weight is 249 g/mol. The molecule has 96 valence electrons. The monoisotopic (exact) mass is 249 g/mol. The first-order chi connectivity index (χ1) is 7.45. The van der Waals surface area contributed by atoms with Gasteiger partial charge in [0, 0.05) is 26.2 Å². The Morgan fingerprint density at radius 3 is 2.56 bits per heavy atom. The van der Waals surface area contributed by atoms with E-state index in [1.54, 1.807) is 7.05 Å². The van der Waals surface area contributed by atoms with E-state index >= 15 is 0 Å². The highest BCUT2D eigenvalue weighted by Crippen LogP contribution is 2.29. The largest absolute Gasteiger partial charge is 0.313 e. The molecule has 0 heterocycles. The molecule has 1 aliphatic rings. The van der Waals surface area contributed by atoms with Crippen molar-refractivity contribution < 1.29 is 8.42 Å². The zero-order valence-electron chi connectivity index (χ0n) is 10.4. The molecule has 6 heteroatoms. The van der Waals surface area contributed by atoms with Crippen molar-refractivity contribution in [1.82, 2.24) is 14.3 Å². The van der Waals surface area contributed by atoms with Gasteiger partial charge in [0.1, 0.15) is 0 Å². The fraction of sp³-hybridized carbons (Fsp3) is 1.00. The first-order valence-electron chi connectivity index (χ1n) is 5.90. The summed E-state index contributed by atoms with van der Waals surface area (Å²) < 4.78 is 27.6. The summed E-state index contributed by atoms with van der Waals surface area (Å²) in [6.07, 6.45) is 2.32. The van der Waals surface area contributed by atoms with Crippen LogP contribution in [-0.2, 0) is 10.2 Å². The van der Waals surface area contributed by atoms with E-state index in [4.69, 9.17) is 0 Å². The molecule has 5 nitrogen and oxygen atoms in total. The predicted octanol–water partition coefficient (Wildman–Crippen LogP) is 0.161. The number of hydrogen-bond donors (Lipinski definition) is 2. The van der Waals surface area contributed by atoms with Crippen molar-refractivity contribution in [3.8, 4) is 0 Å². The Hall–Kier alpha value is -0.170. The van der Waals surface area contributed by atoms with Crippen molar-refractivity contribution in [3.63, 3.8) is 0 Å². The summed E-state index contributed by atoms with van der Waals surface area (Å²) in [5.74, 6) is 0.577. The lowest BCUT2D eigenvalue weighted by atomic mass is 10.3. The Kier molecular flexibility index (Phi) is 5.17. The molecule has 1 saturated carbocycles. The molecule has 1 rings (SSSR count). The molecule has 0 spiro atoms. The van der Waals surface area contributed by atoms with Gasteiger partial charge in [-0.25, -0.2) is 4.72 Å². The summed E-state index contributed by atoms with van der Waals surface area (Å²) in [7, 11) is -1.65. The maximum atomic E-state index is 11.8. The number of rotatable bonds is 8. The van der Waals surface area contributed by atoms with Crippen LogP contribution in [0.2, 0.25) is 0 Å². The topological polar surface area (TPSA) is 61.4 Å². The standard InChI is InChI=1S/C10H23N3O2S/c1-4-11-9(2)7-12-16(14,15)13(3)8-10-5-6-10/h9-12H,4-8H2,1-3H3/t9-/m1/s1. The fourth-order valence-electron chi connectivity index (χ4n) is 1.52. The lowest BCUT2D eigenvalue weighted by molar-refractivity contribution is 0.436. The first-order valence-corrected chi connectivity index (χ1v) is 7.34. The van der Waals surface area contributed by atoms with Crippen LogP contribution in [0.15, 0.2) is 0 Å². The molecular formula is C10H23N3O2S. The van der Waals surface area contributed by atoms with E-state index in [9.17, 15) is 8.42 Å². The Balaban J connectivity index is 2.31. The maximum Gasteiger partial charge on any atom is 0.279 e. The minimum absolute atomic E-state index is 0.161. The average Bonchev–Trinajstić information content (AvgIpc) is 2.99. The first kappa shape index (κ1) is 13.9. The van der Waals surface area contributed by atoms with E-state index < -0.39 is 10.2 Å². The summed E-state index contributed by atoms with van der Waals surface area (Å²) in [5, 5.41) is 3.16. The van der Waals surface area contributed by atoms with Crippen LogP contribution < -0.4 is 10.0 Å². The van der Waals surface area contributed by atoms with E-state index in [0.717, 1.165) is 19.4 Å². The van der Waals surface area contributed by atoms with Gasteiger partial charge in [0.2, 0.25) is 0 Å². The normalized spacial score (nSPS) is 19.0. The second-order valence-electron chi connectivity index (χ2n) is 4.54. The fourth-order valence-corrected chi connectivity index (χ4v) is 2.61. The summed E-state index contributed by atoms with van der Waals surface area (Å²) in [5.41, 5.74) is 0. The van der Waals surface area contributed by atoms with Gasteiger partial charge >= 0.3 is 0 Å². The predicted molar refractivity (Wildman–Crippen MR) is 65.4 cm³/mol. The highest BCUT2D eigenvalue weighted by molar-refractivity contribution is 7.87. The molecule has 0 aromatic heterocycles. The van der Waals surface area contributed by atoms with Crippen molar-refractivity contribution >= 4 is 10.2 Å². The number of nitrogens with one attached hydrogen (secondary N) is 2. The van der Waals surface area contributed by atoms with Crippen molar-refractivity contribution in [2.75, 3.05) is 26.7 Å². The molecular weight excluding hydrogens is 226 g/mol. The lowest BCUT2D eigenvalue weighted by Crippen LogP contribution is -2.44. The summed E-state index contributed by atoms with van der Waals surface area (Å²) in [6.45, 7) is 5.90. The summed E-state index contributed by atoms with van der Waals surface area (Å²) in [6, 6.07) is 0.161. The maximum absolute atomic E-state index is 11.8. The van der Waals surface area contributed by atoms with Gasteiger partial charge in [-0.3, -0.25) is 0 Å². The SMILES string of the molecule is CCN[C@H](C)CNS(=O)(=O)N(C)CC1CC1. The molecule has 1 atom stereocenters. The third-order valence-electron chi connectivity index (χ3n) is 2.75. The molecule has 0 unspecified atom stereocenters. The molecule has 0 bridgehead atoms. The van der Waals surface area contributed by atoms with Crippen LogP contribution in [0.25, 0.3) is 0 Å². The Labute approximate surface area is 98.8 Å². The third-order valence-corrected chi connectivity index (χ3v) is 4.25. The minimum Gasteiger partial charge on any atom is -0.313 e. The van der Waals surface area contributed by atoms with Gasteiger partial charge in [0.25, 0.3) is 10.2 Å². The van der Waals surface area contributed by atoms with Crippen LogP contribution in [0.4, 0.5) is 0 Å². The number of hydrogen-bond acceptors (Lipinski definition) is 3. The van der Waals surface area contributed by atoms with Gasteiger partial charge in [-0.05, 0) is 32.2 Å². The van der Waals surface area contributed by atoms with Crippen LogP contribution >= 0.6 is 0 Å². The van der Waals surface area contributed by atoms with Crippen LogP contribution in [0.5, 0.6) is 0 Å². The molecule has 2 N–H and O–H groups in total. The van der Waals surface area contributed by atoms with Crippen molar-refractivity contribution in [1.29, 1.82) is 0 Å². The highest BCUT2D eigenvalue weighted by atomic mass is 32.2. The molecule has 0 amide bonds. The summed E-state index contributed by atoms with van der Waals surface area (Å²) >= 11 is 0. The quantitative estimate of drug-likeness (QED) is 0.644. The lowest BCUT2D eigenvalue weighted by Gasteiger charge is -2.19.